The van der Waals surface area contributed by atoms with Crippen LogP contribution in [0.5, 0.6) is 0 Å². The SMILES string of the molecule is Cc1ccccc1CC1O[C-]=NC1=O. The number of carbonyl (C=O) groups is 1. The molecule has 1 aromatic rings. The Balaban J connectivity index is 2.12. The lowest BCUT2D eigenvalue weighted by molar-refractivity contribution is -0.122. The van der Waals surface area contributed by atoms with E-state index in [1.165, 1.54) is 0 Å². The van der Waals surface area contributed by atoms with Crippen molar-refractivity contribution in [2.75, 3.05) is 0 Å². The van der Waals surface area contributed by atoms with Crippen LogP contribution in [0.25, 0.3) is 0 Å². The second-order valence-corrected chi connectivity index (χ2v) is 3.28. The van der Waals surface area contributed by atoms with E-state index in [2.05, 4.69) is 11.4 Å². The molecule has 0 spiro atoms. The first kappa shape index (κ1) is 8.94. The number of aryl methyl sites for hydroxylation is 1. The van der Waals surface area contributed by atoms with Gasteiger partial charge in [-0.25, -0.2) is 0 Å². The summed E-state index contributed by atoms with van der Waals surface area (Å²) in [6.07, 6.45) is 2.33. The number of hydrogen-bond acceptors (Lipinski definition) is 2. The highest BCUT2D eigenvalue weighted by Gasteiger charge is 2.14. The van der Waals surface area contributed by atoms with Gasteiger partial charge in [0.05, 0.1) is 6.10 Å². The summed E-state index contributed by atoms with van der Waals surface area (Å²) in [7, 11) is 0. The van der Waals surface area contributed by atoms with Gasteiger partial charge < -0.3 is 14.5 Å². The van der Waals surface area contributed by atoms with Crippen LogP contribution in [-0.2, 0) is 16.0 Å². The van der Waals surface area contributed by atoms with Crippen molar-refractivity contribution in [2.45, 2.75) is 19.4 Å². The van der Waals surface area contributed by atoms with E-state index < -0.39 is 6.10 Å². The molecule has 14 heavy (non-hydrogen) atoms. The molecule has 0 radical (unpaired) electrons. The van der Waals surface area contributed by atoms with Crippen molar-refractivity contribution in [3.63, 3.8) is 0 Å². The largest absolute Gasteiger partial charge is 0.577 e. The summed E-state index contributed by atoms with van der Waals surface area (Å²) < 4.78 is 4.96. The van der Waals surface area contributed by atoms with Crippen molar-refractivity contribution in [1.82, 2.24) is 0 Å². The molecule has 1 aromatic carbocycles. The molecule has 0 saturated carbocycles. The molecular formula is C11H10NO2-. The third kappa shape index (κ3) is 1.66. The van der Waals surface area contributed by atoms with Crippen LogP contribution in [0.3, 0.4) is 0 Å². The van der Waals surface area contributed by atoms with Crippen molar-refractivity contribution in [2.24, 2.45) is 4.99 Å². The number of aliphatic imine (C=N–C) groups is 1. The fourth-order valence-electron chi connectivity index (χ4n) is 1.43. The number of ether oxygens (including phenoxy) is 1. The molecule has 0 aliphatic carbocycles. The summed E-state index contributed by atoms with van der Waals surface area (Å²) in [5, 5.41) is 0. The van der Waals surface area contributed by atoms with E-state index in [4.69, 9.17) is 4.74 Å². The number of nitrogens with zero attached hydrogens (tertiary/aromatic N) is 1. The molecule has 2 rings (SSSR count). The molecule has 0 saturated heterocycles. The molecule has 1 aliphatic rings. The van der Waals surface area contributed by atoms with E-state index >= 15 is 0 Å². The van der Waals surface area contributed by atoms with Gasteiger partial charge in [0, 0.05) is 12.8 Å². The lowest BCUT2D eigenvalue weighted by Gasteiger charge is -2.15. The molecule has 1 amide bonds. The van der Waals surface area contributed by atoms with E-state index in [1.54, 1.807) is 0 Å². The van der Waals surface area contributed by atoms with Crippen LogP contribution in [0.2, 0.25) is 0 Å². The van der Waals surface area contributed by atoms with Gasteiger partial charge in [-0.2, -0.15) is 0 Å². The maximum atomic E-state index is 11.1. The lowest BCUT2D eigenvalue weighted by atomic mass is 10.0. The molecule has 1 atom stereocenters. The minimum Gasteiger partial charge on any atom is -0.577 e. The van der Waals surface area contributed by atoms with Crippen LogP contribution in [0.1, 0.15) is 11.1 Å². The van der Waals surface area contributed by atoms with Crippen molar-refractivity contribution >= 4 is 12.3 Å². The first-order valence-electron chi connectivity index (χ1n) is 4.47. The lowest BCUT2D eigenvalue weighted by Crippen LogP contribution is -2.19. The number of benzene rings is 1. The Hall–Kier alpha value is -1.64. The quantitative estimate of drug-likeness (QED) is 0.657. The average Bonchev–Trinajstić information content (AvgIpc) is 2.56. The topological polar surface area (TPSA) is 38.7 Å². The van der Waals surface area contributed by atoms with Crippen molar-refractivity contribution in [3.8, 4) is 0 Å². The van der Waals surface area contributed by atoms with Crippen LogP contribution in [0.4, 0.5) is 0 Å². The second kappa shape index (κ2) is 3.62. The first-order chi connectivity index (χ1) is 6.77. The smallest absolute Gasteiger partial charge is 0.128 e. The Morgan fingerprint density at radius 1 is 1.50 bits per heavy atom. The third-order valence-corrected chi connectivity index (χ3v) is 2.29. The van der Waals surface area contributed by atoms with E-state index in [1.807, 2.05) is 31.2 Å². The molecular weight excluding hydrogens is 178 g/mol. The summed E-state index contributed by atoms with van der Waals surface area (Å²) in [4.78, 5) is 14.6. The van der Waals surface area contributed by atoms with Crippen molar-refractivity contribution in [3.05, 3.63) is 35.4 Å². The molecule has 1 aliphatic heterocycles. The predicted octanol–water partition coefficient (Wildman–Crippen LogP) is 1.37. The van der Waals surface area contributed by atoms with Crippen LogP contribution in [-0.4, -0.2) is 18.4 Å². The summed E-state index contributed by atoms with van der Waals surface area (Å²) in [5.41, 5.74) is 2.28. The van der Waals surface area contributed by atoms with Crippen LogP contribution < -0.4 is 0 Å². The molecule has 1 unspecified atom stereocenters. The number of hydrogen-bond donors (Lipinski definition) is 0. The van der Waals surface area contributed by atoms with Gasteiger partial charge in [0.2, 0.25) is 0 Å². The Morgan fingerprint density at radius 2 is 2.29 bits per heavy atom. The third-order valence-electron chi connectivity index (χ3n) is 2.29. The predicted molar refractivity (Wildman–Crippen MR) is 52.2 cm³/mol. The monoisotopic (exact) mass is 188 g/mol. The zero-order valence-corrected chi connectivity index (χ0v) is 7.86. The zero-order valence-electron chi connectivity index (χ0n) is 7.86. The molecule has 72 valence electrons. The van der Waals surface area contributed by atoms with Crippen LogP contribution in [0, 0.1) is 6.92 Å². The van der Waals surface area contributed by atoms with E-state index in [-0.39, 0.29) is 5.91 Å². The summed E-state index contributed by atoms with van der Waals surface area (Å²) in [5.74, 6) is -0.242. The second-order valence-electron chi connectivity index (χ2n) is 3.28. The minimum atomic E-state index is -0.476. The van der Waals surface area contributed by atoms with Crippen LogP contribution >= 0.6 is 0 Å². The molecule has 0 aromatic heterocycles. The molecule has 0 fully saturated rings. The van der Waals surface area contributed by atoms with Crippen molar-refractivity contribution in [1.29, 1.82) is 0 Å². The highest BCUT2D eigenvalue weighted by atomic mass is 16.5. The van der Waals surface area contributed by atoms with Gasteiger partial charge in [-0.1, -0.05) is 24.3 Å². The van der Waals surface area contributed by atoms with Gasteiger partial charge in [-0.15, -0.1) is 0 Å². The van der Waals surface area contributed by atoms with Gasteiger partial charge in [0.25, 0.3) is 0 Å². The van der Waals surface area contributed by atoms with Crippen molar-refractivity contribution < 1.29 is 9.53 Å². The fraction of sp³-hybridized carbons (Fsp3) is 0.273. The number of rotatable bonds is 2. The Labute approximate surface area is 82.4 Å². The van der Waals surface area contributed by atoms with Crippen LogP contribution in [0.15, 0.2) is 29.3 Å². The standard InChI is InChI=1S/C11H10NO2/c1-8-4-2-3-5-9(8)6-10-11(13)12-7-14-10/h2-5,10H,6H2,1H3/q-1. The van der Waals surface area contributed by atoms with Gasteiger partial charge in [-0.05, 0) is 18.1 Å². The molecule has 3 nitrogen and oxygen atoms in total. The normalized spacial score (nSPS) is 19.8. The maximum Gasteiger partial charge on any atom is 0.128 e. The Kier molecular flexibility index (Phi) is 2.31. The van der Waals surface area contributed by atoms with Gasteiger partial charge >= 0.3 is 0 Å². The first-order valence-corrected chi connectivity index (χ1v) is 4.47. The molecule has 1 heterocycles. The van der Waals surface area contributed by atoms with Gasteiger partial charge in [0.15, 0.2) is 0 Å². The van der Waals surface area contributed by atoms with Gasteiger partial charge in [-0.3, -0.25) is 0 Å². The summed E-state index contributed by atoms with van der Waals surface area (Å²) in [6.45, 7) is 2.01. The average molecular weight is 188 g/mol. The van der Waals surface area contributed by atoms with E-state index in [0.29, 0.717) is 6.42 Å². The Morgan fingerprint density at radius 3 is 2.93 bits per heavy atom. The highest BCUT2D eigenvalue weighted by Crippen LogP contribution is 2.13. The zero-order chi connectivity index (χ0) is 9.97. The number of amides is 1. The Bertz CT molecular complexity index is 385. The molecule has 0 N–H and O–H groups in total. The molecule has 3 heteroatoms. The van der Waals surface area contributed by atoms with E-state index in [0.717, 1.165) is 11.1 Å². The summed E-state index contributed by atoms with van der Waals surface area (Å²) in [6, 6.07) is 7.93. The maximum absolute atomic E-state index is 11.1. The van der Waals surface area contributed by atoms with Gasteiger partial charge in [0.1, 0.15) is 5.91 Å². The summed E-state index contributed by atoms with van der Waals surface area (Å²) >= 11 is 0. The fourth-order valence-corrected chi connectivity index (χ4v) is 1.43. The van der Waals surface area contributed by atoms with E-state index in [9.17, 15) is 4.79 Å². The number of carbonyl (C=O) groups excluding carboxylic acids is 1. The highest BCUT2D eigenvalue weighted by molar-refractivity contribution is 5.91. The molecule has 0 bridgehead atoms. The minimum absolute atomic E-state index is 0.242.